The van der Waals surface area contributed by atoms with Gasteiger partial charge in [0.25, 0.3) is 0 Å². The predicted molar refractivity (Wildman–Crippen MR) is 89.1 cm³/mol. The summed E-state index contributed by atoms with van der Waals surface area (Å²) >= 11 is 1.65. The number of amides is 1. The van der Waals surface area contributed by atoms with Gasteiger partial charge in [-0.25, -0.2) is 0 Å². The lowest BCUT2D eigenvalue weighted by molar-refractivity contribution is -0.146. The van der Waals surface area contributed by atoms with Gasteiger partial charge in [0.2, 0.25) is 5.91 Å². The summed E-state index contributed by atoms with van der Waals surface area (Å²) in [5.74, 6) is -1.57. The number of hydrogen-bond acceptors (Lipinski definition) is 3. The topological polar surface area (TPSA) is 57.6 Å². The molecule has 1 N–H and O–H groups in total. The summed E-state index contributed by atoms with van der Waals surface area (Å²) in [4.78, 5) is 25.6. The molecule has 1 aromatic heterocycles. The first-order valence-electron chi connectivity index (χ1n) is 7.72. The molecule has 1 aliphatic rings. The highest BCUT2D eigenvalue weighted by Crippen LogP contribution is 2.27. The fourth-order valence-electron chi connectivity index (χ4n) is 2.91. The monoisotopic (exact) mass is 329 g/mol. The van der Waals surface area contributed by atoms with E-state index in [1.165, 1.54) is 11.1 Å². The van der Waals surface area contributed by atoms with E-state index in [0.717, 1.165) is 5.56 Å². The van der Waals surface area contributed by atoms with E-state index >= 15 is 0 Å². The van der Waals surface area contributed by atoms with Gasteiger partial charge in [-0.1, -0.05) is 30.3 Å². The maximum Gasteiger partial charge on any atom is 0.307 e. The second kappa shape index (κ2) is 6.96. The second-order valence-corrected chi connectivity index (χ2v) is 6.68. The van der Waals surface area contributed by atoms with Crippen molar-refractivity contribution in [3.63, 3.8) is 0 Å². The molecule has 1 unspecified atom stereocenters. The Balaban J connectivity index is 1.56. The van der Waals surface area contributed by atoms with Gasteiger partial charge in [-0.05, 0) is 40.3 Å². The quantitative estimate of drug-likeness (QED) is 0.884. The molecular formula is C18H19NO3S. The van der Waals surface area contributed by atoms with Crippen LogP contribution < -0.4 is 0 Å². The van der Waals surface area contributed by atoms with Gasteiger partial charge in [0, 0.05) is 19.5 Å². The molecule has 4 nitrogen and oxygen atoms in total. The molecule has 5 heteroatoms. The lowest BCUT2D eigenvalue weighted by Crippen LogP contribution is -2.30. The fourth-order valence-corrected chi connectivity index (χ4v) is 3.76. The number of carbonyl (C=O) groups is 2. The van der Waals surface area contributed by atoms with Gasteiger partial charge in [-0.3, -0.25) is 9.59 Å². The maximum atomic E-state index is 12.4. The van der Waals surface area contributed by atoms with Crippen LogP contribution in [0.2, 0.25) is 0 Å². The Kier molecular flexibility index (Phi) is 4.76. The molecule has 0 fully saturated rings. The number of carboxylic acids is 1. The third-order valence-corrected chi connectivity index (χ3v) is 5.14. The van der Waals surface area contributed by atoms with Gasteiger partial charge >= 0.3 is 5.97 Å². The fraction of sp³-hybridized carbons (Fsp3) is 0.333. The van der Waals surface area contributed by atoms with Gasteiger partial charge < -0.3 is 10.0 Å². The van der Waals surface area contributed by atoms with Crippen molar-refractivity contribution in [1.82, 2.24) is 4.90 Å². The molecule has 120 valence electrons. The molecule has 0 saturated carbocycles. The first-order valence-corrected chi connectivity index (χ1v) is 8.66. The minimum Gasteiger partial charge on any atom is -0.481 e. The Morgan fingerprint density at radius 1 is 1.13 bits per heavy atom. The Labute approximate surface area is 139 Å². The number of benzene rings is 1. The van der Waals surface area contributed by atoms with Crippen molar-refractivity contribution in [3.8, 4) is 0 Å². The number of nitrogens with zero attached hydrogens (tertiary/aromatic N) is 1. The molecule has 23 heavy (non-hydrogen) atoms. The van der Waals surface area contributed by atoms with Gasteiger partial charge in [-0.2, -0.15) is 11.3 Å². The molecule has 0 radical (unpaired) electrons. The number of aryl methyl sites for hydroxylation is 1. The van der Waals surface area contributed by atoms with E-state index < -0.39 is 11.9 Å². The highest BCUT2D eigenvalue weighted by Gasteiger charge is 2.28. The van der Waals surface area contributed by atoms with E-state index in [1.54, 1.807) is 16.2 Å². The Hall–Kier alpha value is -2.14. The second-order valence-electron chi connectivity index (χ2n) is 5.94. The van der Waals surface area contributed by atoms with Crippen LogP contribution in [-0.4, -0.2) is 21.9 Å². The van der Waals surface area contributed by atoms with E-state index in [0.29, 0.717) is 25.9 Å². The van der Waals surface area contributed by atoms with E-state index in [-0.39, 0.29) is 12.3 Å². The molecule has 0 aliphatic carbocycles. The van der Waals surface area contributed by atoms with Crippen LogP contribution in [0, 0.1) is 5.92 Å². The Bertz CT molecular complexity index is 675. The van der Waals surface area contributed by atoms with Crippen LogP contribution in [0.1, 0.15) is 29.5 Å². The van der Waals surface area contributed by atoms with Crippen molar-refractivity contribution >= 4 is 23.2 Å². The number of carboxylic acid groups (broad SMARTS) is 1. The molecule has 0 spiro atoms. The molecule has 1 aromatic carbocycles. The zero-order valence-corrected chi connectivity index (χ0v) is 13.6. The van der Waals surface area contributed by atoms with Gasteiger partial charge in [-0.15, -0.1) is 0 Å². The Morgan fingerprint density at radius 2 is 1.78 bits per heavy atom. The lowest BCUT2D eigenvalue weighted by Gasteiger charge is -2.19. The van der Waals surface area contributed by atoms with Crippen LogP contribution in [0.5, 0.6) is 0 Å². The first-order chi connectivity index (χ1) is 11.1. The SMILES string of the molecule is O=C(O)C(CCc1ccccc1)CC(=O)N1Cc2cscc2C1. The largest absolute Gasteiger partial charge is 0.481 e. The number of carbonyl (C=O) groups excluding carboxylic acids is 1. The predicted octanol–water partition coefficient (Wildman–Crippen LogP) is 3.31. The Morgan fingerprint density at radius 3 is 2.39 bits per heavy atom. The van der Waals surface area contributed by atoms with E-state index in [9.17, 15) is 14.7 Å². The third kappa shape index (κ3) is 3.79. The molecule has 0 saturated heterocycles. The molecule has 1 amide bonds. The van der Waals surface area contributed by atoms with Gasteiger partial charge in [0.15, 0.2) is 0 Å². The lowest BCUT2D eigenvalue weighted by atomic mass is 9.96. The summed E-state index contributed by atoms with van der Waals surface area (Å²) in [6.07, 6.45) is 1.24. The standard InChI is InChI=1S/C18H19NO3S/c20-17(19-9-15-11-23-12-16(15)10-19)8-14(18(21)22)7-6-13-4-2-1-3-5-13/h1-5,11-12,14H,6-10H2,(H,21,22). The number of fused-ring (bicyclic) bond motifs is 1. The van der Waals surface area contributed by atoms with Crippen LogP contribution in [0.3, 0.4) is 0 Å². The van der Waals surface area contributed by atoms with Crippen LogP contribution >= 0.6 is 11.3 Å². The average molecular weight is 329 g/mol. The van der Waals surface area contributed by atoms with Gasteiger partial charge in [0.05, 0.1) is 5.92 Å². The summed E-state index contributed by atoms with van der Waals surface area (Å²) in [5.41, 5.74) is 3.49. The number of thiophene rings is 1. The van der Waals surface area contributed by atoms with Crippen molar-refractivity contribution in [2.75, 3.05) is 0 Å². The zero-order valence-electron chi connectivity index (χ0n) is 12.8. The van der Waals surface area contributed by atoms with Crippen molar-refractivity contribution in [2.24, 2.45) is 5.92 Å². The minimum absolute atomic E-state index is 0.0633. The van der Waals surface area contributed by atoms with Crippen molar-refractivity contribution in [1.29, 1.82) is 0 Å². The van der Waals surface area contributed by atoms with Crippen LogP contribution in [0.25, 0.3) is 0 Å². The smallest absolute Gasteiger partial charge is 0.307 e. The number of hydrogen-bond donors (Lipinski definition) is 1. The number of rotatable bonds is 6. The maximum absolute atomic E-state index is 12.4. The molecule has 0 bridgehead atoms. The summed E-state index contributed by atoms with van der Waals surface area (Å²) in [5, 5.41) is 13.5. The van der Waals surface area contributed by atoms with Crippen molar-refractivity contribution in [3.05, 3.63) is 57.8 Å². The normalized spacial score (nSPS) is 14.5. The van der Waals surface area contributed by atoms with E-state index in [4.69, 9.17) is 0 Å². The molecule has 3 rings (SSSR count). The first kappa shape index (κ1) is 15.7. The molecule has 1 aliphatic heterocycles. The molecule has 1 atom stereocenters. The molecule has 2 aromatic rings. The molecular weight excluding hydrogens is 310 g/mol. The highest BCUT2D eigenvalue weighted by atomic mass is 32.1. The van der Waals surface area contributed by atoms with E-state index in [2.05, 4.69) is 10.8 Å². The van der Waals surface area contributed by atoms with Crippen molar-refractivity contribution < 1.29 is 14.7 Å². The van der Waals surface area contributed by atoms with Crippen LogP contribution in [-0.2, 0) is 29.1 Å². The van der Waals surface area contributed by atoms with Crippen LogP contribution in [0.4, 0.5) is 0 Å². The van der Waals surface area contributed by atoms with Gasteiger partial charge in [0.1, 0.15) is 0 Å². The summed E-state index contributed by atoms with van der Waals surface area (Å²) in [7, 11) is 0. The van der Waals surface area contributed by atoms with E-state index in [1.807, 2.05) is 30.3 Å². The highest BCUT2D eigenvalue weighted by molar-refractivity contribution is 7.08. The summed E-state index contributed by atoms with van der Waals surface area (Å²) in [6.45, 7) is 1.23. The average Bonchev–Trinajstić information content (AvgIpc) is 3.13. The van der Waals surface area contributed by atoms with Crippen LogP contribution in [0.15, 0.2) is 41.1 Å². The number of aliphatic carboxylic acids is 1. The molecule has 2 heterocycles. The summed E-state index contributed by atoms with van der Waals surface area (Å²) in [6, 6.07) is 9.79. The zero-order chi connectivity index (χ0) is 16.2. The summed E-state index contributed by atoms with van der Waals surface area (Å²) < 4.78 is 0. The van der Waals surface area contributed by atoms with Crippen molar-refractivity contribution in [2.45, 2.75) is 32.4 Å². The minimum atomic E-state index is -0.886. The third-order valence-electron chi connectivity index (χ3n) is 4.30.